The van der Waals surface area contributed by atoms with E-state index in [1.807, 2.05) is 13.0 Å². The van der Waals surface area contributed by atoms with E-state index < -0.39 is 0 Å². The van der Waals surface area contributed by atoms with E-state index >= 15 is 0 Å². The quantitative estimate of drug-likeness (QED) is 0.877. The van der Waals surface area contributed by atoms with Crippen molar-refractivity contribution in [3.8, 4) is 0 Å². The fraction of sp³-hybridized carbons (Fsp3) is 0.364. The van der Waals surface area contributed by atoms with Gasteiger partial charge in [0.15, 0.2) is 0 Å². The second kappa shape index (κ2) is 6.37. The van der Waals surface area contributed by atoms with E-state index in [9.17, 15) is 4.79 Å². The van der Waals surface area contributed by atoms with Crippen molar-refractivity contribution in [1.82, 2.24) is 5.32 Å². The number of carbonyl (C=O) groups is 1. The van der Waals surface area contributed by atoms with E-state index in [0.717, 1.165) is 8.95 Å². The summed E-state index contributed by atoms with van der Waals surface area (Å²) in [4.78, 5) is 11.8. The van der Waals surface area contributed by atoms with Crippen molar-refractivity contribution in [3.05, 3.63) is 32.7 Å². The first-order chi connectivity index (χ1) is 7.58. The number of aliphatic hydroxyl groups is 1. The minimum atomic E-state index is -0.192. The Morgan fingerprint density at radius 2 is 2.19 bits per heavy atom. The summed E-state index contributed by atoms with van der Waals surface area (Å²) in [6.45, 7) is 1.87. The molecule has 0 saturated heterocycles. The van der Waals surface area contributed by atoms with Gasteiger partial charge in [-0.2, -0.15) is 0 Å². The van der Waals surface area contributed by atoms with Gasteiger partial charge >= 0.3 is 0 Å². The fourth-order valence-electron chi connectivity index (χ4n) is 1.21. The van der Waals surface area contributed by atoms with Crippen molar-refractivity contribution in [1.29, 1.82) is 0 Å². The molecule has 1 aromatic rings. The van der Waals surface area contributed by atoms with Gasteiger partial charge in [-0.1, -0.05) is 22.9 Å². The summed E-state index contributed by atoms with van der Waals surface area (Å²) in [6.07, 6.45) is 0.705. The zero-order valence-electron chi connectivity index (χ0n) is 8.84. The van der Waals surface area contributed by atoms with Gasteiger partial charge in [-0.05, 0) is 40.5 Å². The Kier molecular flexibility index (Phi) is 5.44. The monoisotopic (exact) mass is 349 g/mol. The molecule has 0 aliphatic carbocycles. The summed E-state index contributed by atoms with van der Waals surface area (Å²) in [5.74, 6) is -0.180. The number of halogens is 2. The Bertz CT molecular complexity index is 378. The van der Waals surface area contributed by atoms with Crippen LogP contribution in [0.15, 0.2) is 27.1 Å². The lowest BCUT2D eigenvalue weighted by atomic mass is 10.2. The number of hydrogen-bond acceptors (Lipinski definition) is 2. The van der Waals surface area contributed by atoms with Crippen LogP contribution in [0.25, 0.3) is 0 Å². The minimum Gasteiger partial charge on any atom is -0.394 e. The highest BCUT2D eigenvalue weighted by molar-refractivity contribution is 9.11. The second-order valence-corrected chi connectivity index (χ2v) is 5.16. The Hall–Kier alpha value is -0.390. The Morgan fingerprint density at radius 1 is 1.50 bits per heavy atom. The van der Waals surface area contributed by atoms with Crippen molar-refractivity contribution in [3.63, 3.8) is 0 Å². The van der Waals surface area contributed by atoms with Gasteiger partial charge in [0, 0.05) is 8.95 Å². The molecule has 0 aliphatic rings. The first kappa shape index (κ1) is 13.7. The van der Waals surface area contributed by atoms with E-state index in [1.54, 1.807) is 12.1 Å². The highest BCUT2D eigenvalue weighted by Gasteiger charge is 2.13. The van der Waals surface area contributed by atoms with Gasteiger partial charge in [0.2, 0.25) is 0 Å². The zero-order chi connectivity index (χ0) is 12.1. The van der Waals surface area contributed by atoms with E-state index in [2.05, 4.69) is 37.2 Å². The van der Waals surface area contributed by atoms with Gasteiger partial charge in [-0.15, -0.1) is 0 Å². The van der Waals surface area contributed by atoms with Crippen LogP contribution in [-0.2, 0) is 0 Å². The molecule has 0 fully saturated rings. The fourth-order valence-corrected chi connectivity index (χ4v) is 2.44. The number of nitrogens with one attached hydrogen (secondary N) is 1. The number of rotatable bonds is 4. The third kappa shape index (κ3) is 3.57. The predicted molar refractivity (Wildman–Crippen MR) is 70.5 cm³/mol. The SMILES string of the molecule is CC[C@@H](CO)NC(=O)c1ccc(Br)cc1Br. The van der Waals surface area contributed by atoms with Crippen LogP contribution in [0, 0.1) is 0 Å². The molecule has 0 aliphatic heterocycles. The van der Waals surface area contributed by atoms with Crippen LogP contribution in [0.3, 0.4) is 0 Å². The molecule has 88 valence electrons. The molecule has 1 atom stereocenters. The van der Waals surface area contributed by atoms with E-state index in [-0.39, 0.29) is 18.6 Å². The third-order valence-electron chi connectivity index (χ3n) is 2.22. The van der Waals surface area contributed by atoms with Crippen LogP contribution in [0.1, 0.15) is 23.7 Å². The summed E-state index contributed by atoms with van der Waals surface area (Å²) >= 11 is 6.65. The average molecular weight is 351 g/mol. The molecule has 1 rings (SSSR count). The van der Waals surface area contributed by atoms with Gasteiger partial charge in [0.25, 0.3) is 5.91 Å². The molecule has 0 saturated carbocycles. The maximum absolute atomic E-state index is 11.8. The van der Waals surface area contributed by atoms with Crippen LogP contribution in [0.5, 0.6) is 0 Å². The molecule has 0 unspecified atom stereocenters. The number of aliphatic hydroxyl groups excluding tert-OH is 1. The highest BCUT2D eigenvalue weighted by Crippen LogP contribution is 2.21. The number of carbonyl (C=O) groups excluding carboxylic acids is 1. The molecule has 1 amide bonds. The van der Waals surface area contributed by atoms with Crippen molar-refractivity contribution >= 4 is 37.8 Å². The summed E-state index contributed by atoms with van der Waals surface area (Å²) < 4.78 is 1.64. The molecule has 0 bridgehead atoms. The van der Waals surface area contributed by atoms with E-state index in [1.165, 1.54) is 0 Å². The zero-order valence-corrected chi connectivity index (χ0v) is 12.0. The van der Waals surface area contributed by atoms with Gasteiger partial charge < -0.3 is 10.4 Å². The number of hydrogen-bond donors (Lipinski definition) is 2. The van der Waals surface area contributed by atoms with Crippen LogP contribution in [0.2, 0.25) is 0 Å². The van der Waals surface area contributed by atoms with Crippen LogP contribution >= 0.6 is 31.9 Å². The molecule has 1 aromatic carbocycles. The number of benzene rings is 1. The molecule has 0 heterocycles. The first-order valence-corrected chi connectivity index (χ1v) is 6.53. The molecule has 0 radical (unpaired) electrons. The Balaban J connectivity index is 2.80. The van der Waals surface area contributed by atoms with Crippen molar-refractivity contribution in [2.45, 2.75) is 19.4 Å². The highest BCUT2D eigenvalue weighted by atomic mass is 79.9. The summed E-state index contributed by atoms with van der Waals surface area (Å²) in [7, 11) is 0. The largest absolute Gasteiger partial charge is 0.394 e. The van der Waals surface area contributed by atoms with Crippen LogP contribution in [0.4, 0.5) is 0 Å². The van der Waals surface area contributed by atoms with Crippen molar-refractivity contribution in [2.75, 3.05) is 6.61 Å². The molecule has 2 N–H and O–H groups in total. The third-order valence-corrected chi connectivity index (χ3v) is 3.37. The smallest absolute Gasteiger partial charge is 0.252 e. The van der Waals surface area contributed by atoms with Gasteiger partial charge in [0.05, 0.1) is 18.2 Å². The van der Waals surface area contributed by atoms with Gasteiger partial charge in [-0.25, -0.2) is 0 Å². The standard InChI is InChI=1S/C11H13Br2NO2/c1-2-8(6-15)14-11(16)9-4-3-7(12)5-10(9)13/h3-5,8,15H,2,6H2,1H3,(H,14,16)/t8-/m0/s1. The lowest BCUT2D eigenvalue weighted by Crippen LogP contribution is -2.37. The maximum atomic E-state index is 11.8. The van der Waals surface area contributed by atoms with Crippen LogP contribution < -0.4 is 5.32 Å². The number of amides is 1. The average Bonchev–Trinajstić information content (AvgIpc) is 2.25. The Labute approximate surface area is 111 Å². The molecule has 0 aromatic heterocycles. The molecule has 3 nitrogen and oxygen atoms in total. The van der Waals surface area contributed by atoms with E-state index in [0.29, 0.717) is 12.0 Å². The normalized spacial score (nSPS) is 12.2. The van der Waals surface area contributed by atoms with Crippen molar-refractivity contribution in [2.24, 2.45) is 0 Å². The topological polar surface area (TPSA) is 49.3 Å². The second-order valence-electron chi connectivity index (χ2n) is 3.39. The van der Waals surface area contributed by atoms with Crippen LogP contribution in [-0.4, -0.2) is 23.7 Å². The molecular weight excluding hydrogens is 338 g/mol. The maximum Gasteiger partial charge on any atom is 0.252 e. The molecule has 5 heteroatoms. The summed E-state index contributed by atoms with van der Waals surface area (Å²) in [5.41, 5.74) is 0.565. The first-order valence-electron chi connectivity index (χ1n) is 4.95. The van der Waals surface area contributed by atoms with Crippen molar-refractivity contribution < 1.29 is 9.90 Å². The van der Waals surface area contributed by atoms with Gasteiger partial charge in [0.1, 0.15) is 0 Å². The lowest BCUT2D eigenvalue weighted by Gasteiger charge is -2.14. The molecular formula is C11H13Br2NO2. The minimum absolute atomic E-state index is 0.0453. The summed E-state index contributed by atoms with van der Waals surface area (Å²) in [6, 6.07) is 5.16. The van der Waals surface area contributed by atoms with Gasteiger partial charge in [-0.3, -0.25) is 4.79 Å². The Morgan fingerprint density at radius 3 is 2.69 bits per heavy atom. The predicted octanol–water partition coefficient (Wildman–Crippen LogP) is 2.71. The lowest BCUT2D eigenvalue weighted by molar-refractivity contribution is 0.0914. The molecule has 16 heavy (non-hydrogen) atoms. The summed E-state index contributed by atoms with van der Waals surface area (Å²) in [5, 5.41) is 11.8. The molecule has 0 spiro atoms. The van der Waals surface area contributed by atoms with E-state index in [4.69, 9.17) is 5.11 Å².